The first-order chi connectivity index (χ1) is 11.6. The molecule has 0 radical (unpaired) electrons. The summed E-state index contributed by atoms with van der Waals surface area (Å²) in [4.78, 5) is 11.9. The number of nitrogens with zero attached hydrogens (tertiary/aromatic N) is 1. The molecular weight excluding hydrogens is 326 g/mol. The molecule has 0 aliphatic carbocycles. The average molecular weight is 342 g/mol. The molecule has 0 saturated carbocycles. The van der Waals surface area contributed by atoms with E-state index in [1.165, 1.54) is 0 Å². The Hall–Kier alpha value is -2.59. The van der Waals surface area contributed by atoms with Crippen LogP contribution in [0, 0.1) is 6.92 Å². The van der Waals surface area contributed by atoms with Crippen molar-refractivity contribution in [2.45, 2.75) is 20.0 Å². The number of ether oxygens (including phenoxy) is 1. The molecule has 1 heterocycles. The largest absolute Gasteiger partial charge is 0.457 e. The number of benzene rings is 2. The number of hydrogen-bond acceptors (Lipinski definition) is 4. The van der Waals surface area contributed by atoms with Gasteiger partial charge in [0.1, 0.15) is 5.69 Å². The first-order valence-corrected chi connectivity index (χ1v) is 7.90. The van der Waals surface area contributed by atoms with Crippen LogP contribution in [0.25, 0.3) is 11.3 Å². The van der Waals surface area contributed by atoms with Crippen LogP contribution in [0.15, 0.2) is 59.1 Å². The molecule has 4 nitrogen and oxygen atoms in total. The molecule has 24 heavy (non-hydrogen) atoms. The third kappa shape index (κ3) is 4.24. The molecule has 3 aromatic rings. The lowest BCUT2D eigenvalue weighted by Gasteiger charge is -2.03. The van der Waals surface area contributed by atoms with E-state index in [0.717, 1.165) is 16.7 Å². The summed E-state index contributed by atoms with van der Waals surface area (Å²) in [5.41, 5.74) is 3.64. The van der Waals surface area contributed by atoms with Crippen LogP contribution in [0.4, 0.5) is 0 Å². The average Bonchev–Trinajstić information content (AvgIpc) is 3.05. The van der Waals surface area contributed by atoms with Crippen molar-refractivity contribution in [1.29, 1.82) is 0 Å². The molecule has 0 aliphatic rings. The van der Waals surface area contributed by atoms with Gasteiger partial charge in [0, 0.05) is 16.7 Å². The third-order valence-corrected chi connectivity index (χ3v) is 3.80. The highest BCUT2D eigenvalue weighted by atomic mass is 35.5. The summed E-state index contributed by atoms with van der Waals surface area (Å²) < 4.78 is 10.4. The van der Waals surface area contributed by atoms with Gasteiger partial charge >= 0.3 is 5.97 Å². The van der Waals surface area contributed by atoms with E-state index in [0.29, 0.717) is 16.5 Å². The van der Waals surface area contributed by atoms with Crippen LogP contribution >= 0.6 is 11.6 Å². The molecule has 122 valence electrons. The molecular formula is C19H16ClNO3. The van der Waals surface area contributed by atoms with Crippen molar-refractivity contribution in [1.82, 2.24) is 5.16 Å². The normalized spacial score (nSPS) is 10.6. The fourth-order valence-corrected chi connectivity index (χ4v) is 2.34. The Labute approximate surface area is 145 Å². The molecule has 0 aliphatic heterocycles. The maximum absolute atomic E-state index is 11.9. The second kappa shape index (κ2) is 7.32. The standard InChI is InChI=1S/C19H16ClNO3/c1-13-2-4-14(5-3-13)10-19(22)23-12-17-11-18(21-24-17)15-6-8-16(20)9-7-15/h2-9,11H,10,12H2,1H3. The third-order valence-electron chi connectivity index (χ3n) is 3.54. The van der Waals surface area contributed by atoms with Crippen molar-refractivity contribution < 1.29 is 14.1 Å². The van der Waals surface area contributed by atoms with Gasteiger partial charge in [-0.05, 0) is 24.6 Å². The molecule has 0 fully saturated rings. The maximum atomic E-state index is 11.9. The number of rotatable bonds is 5. The van der Waals surface area contributed by atoms with Crippen molar-refractivity contribution in [3.8, 4) is 11.3 Å². The summed E-state index contributed by atoms with van der Waals surface area (Å²) in [5.74, 6) is 0.195. The molecule has 0 unspecified atom stereocenters. The molecule has 5 heteroatoms. The summed E-state index contributed by atoms with van der Waals surface area (Å²) in [6.07, 6.45) is 0.235. The Morgan fingerprint density at radius 1 is 1.12 bits per heavy atom. The van der Waals surface area contributed by atoms with Gasteiger partial charge in [-0.15, -0.1) is 0 Å². The van der Waals surface area contributed by atoms with Crippen molar-refractivity contribution in [2.75, 3.05) is 0 Å². The first-order valence-electron chi connectivity index (χ1n) is 7.53. The number of aryl methyl sites for hydroxylation is 1. The second-order valence-corrected chi connectivity index (χ2v) is 5.94. The van der Waals surface area contributed by atoms with Crippen LogP contribution in [0.5, 0.6) is 0 Å². The van der Waals surface area contributed by atoms with Gasteiger partial charge in [-0.2, -0.15) is 0 Å². The van der Waals surface area contributed by atoms with Crippen molar-refractivity contribution in [2.24, 2.45) is 0 Å². The summed E-state index contributed by atoms with van der Waals surface area (Å²) in [6.45, 7) is 2.07. The van der Waals surface area contributed by atoms with Crippen molar-refractivity contribution in [3.63, 3.8) is 0 Å². The van der Waals surface area contributed by atoms with Gasteiger partial charge in [-0.1, -0.05) is 58.7 Å². The summed E-state index contributed by atoms with van der Waals surface area (Å²) >= 11 is 5.86. The molecule has 1 aromatic heterocycles. The SMILES string of the molecule is Cc1ccc(CC(=O)OCc2cc(-c3ccc(Cl)cc3)no2)cc1. The van der Waals surface area contributed by atoms with Gasteiger partial charge in [0.05, 0.1) is 6.42 Å². The van der Waals surface area contributed by atoms with Gasteiger partial charge in [0.2, 0.25) is 0 Å². The van der Waals surface area contributed by atoms with E-state index < -0.39 is 0 Å². The topological polar surface area (TPSA) is 52.3 Å². The van der Waals surface area contributed by atoms with Crippen LogP contribution < -0.4 is 0 Å². The molecule has 3 rings (SSSR count). The lowest BCUT2D eigenvalue weighted by atomic mass is 10.1. The molecule has 0 saturated heterocycles. The summed E-state index contributed by atoms with van der Waals surface area (Å²) in [6, 6.07) is 16.8. The molecule has 0 amide bonds. The highest BCUT2D eigenvalue weighted by molar-refractivity contribution is 6.30. The van der Waals surface area contributed by atoms with Gasteiger partial charge in [0.15, 0.2) is 12.4 Å². The highest BCUT2D eigenvalue weighted by Gasteiger charge is 2.10. The van der Waals surface area contributed by atoms with Crippen LogP contribution in [-0.4, -0.2) is 11.1 Å². The van der Waals surface area contributed by atoms with Gasteiger partial charge in [-0.25, -0.2) is 0 Å². The van der Waals surface area contributed by atoms with Crippen molar-refractivity contribution in [3.05, 3.63) is 76.5 Å². The fourth-order valence-electron chi connectivity index (χ4n) is 2.21. The predicted octanol–water partition coefficient (Wildman–Crippen LogP) is 4.59. The smallest absolute Gasteiger partial charge is 0.310 e. The number of carbonyl (C=O) groups excluding carboxylic acids is 1. The van der Waals surface area contributed by atoms with Gasteiger partial charge < -0.3 is 9.26 Å². The van der Waals surface area contributed by atoms with E-state index in [1.807, 2.05) is 43.3 Å². The predicted molar refractivity (Wildman–Crippen MR) is 91.6 cm³/mol. The Kier molecular flexibility index (Phi) is 4.96. The molecule has 0 bridgehead atoms. The Morgan fingerprint density at radius 2 is 1.83 bits per heavy atom. The number of aromatic nitrogens is 1. The number of carbonyl (C=O) groups is 1. The first kappa shape index (κ1) is 16.3. The van der Waals surface area contributed by atoms with Crippen molar-refractivity contribution >= 4 is 17.6 Å². The lowest BCUT2D eigenvalue weighted by molar-refractivity contribution is -0.144. The van der Waals surface area contributed by atoms with Crippen LogP contribution in [-0.2, 0) is 22.6 Å². The number of halogens is 1. The van der Waals surface area contributed by atoms with E-state index in [9.17, 15) is 4.79 Å². The number of hydrogen-bond donors (Lipinski definition) is 0. The fraction of sp³-hybridized carbons (Fsp3) is 0.158. The molecule has 2 aromatic carbocycles. The van der Waals surface area contributed by atoms with Crippen LogP contribution in [0.1, 0.15) is 16.9 Å². The zero-order valence-corrected chi connectivity index (χ0v) is 13.9. The van der Waals surface area contributed by atoms with Crippen LogP contribution in [0.3, 0.4) is 0 Å². The Bertz CT molecular complexity index is 823. The minimum Gasteiger partial charge on any atom is -0.457 e. The molecule has 0 N–H and O–H groups in total. The zero-order valence-electron chi connectivity index (χ0n) is 13.2. The monoisotopic (exact) mass is 341 g/mol. The Morgan fingerprint density at radius 3 is 2.54 bits per heavy atom. The molecule has 0 atom stereocenters. The maximum Gasteiger partial charge on any atom is 0.310 e. The minimum atomic E-state index is -0.303. The minimum absolute atomic E-state index is 0.0608. The summed E-state index contributed by atoms with van der Waals surface area (Å²) in [7, 11) is 0. The molecule has 0 spiro atoms. The van der Waals surface area contributed by atoms with E-state index in [-0.39, 0.29) is 19.0 Å². The summed E-state index contributed by atoms with van der Waals surface area (Å²) in [5, 5.41) is 4.64. The second-order valence-electron chi connectivity index (χ2n) is 5.51. The Balaban J connectivity index is 1.56. The van der Waals surface area contributed by atoms with Gasteiger partial charge in [-0.3, -0.25) is 4.79 Å². The van der Waals surface area contributed by atoms with E-state index >= 15 is 0 Å². The highest BCUT2D eigenvalue weighted by Crippen LogP contribution is 2.21. The van der Waals surface area contributed by atoms with E-state index in [4.69, 9.17) is 20.9 Å². The van der Waals surface area contributed by atoms with Crippen LogP contribution in [0.2, 0.25) is 5.02 Å². The quantitative estimate of drug-likeness (QED) is 0.637. The van der Waals surface area contributed by atoms with Gasteiger partial charge in [0.25, 0.3) is 0 Å². The zero-order chi connectivity index (χ0) is 16.9. The van der Waals surface area contributed by atoms with E-state index in [1.54, 1.807) is 18.2 Å². The van der Waals surface area contributed by atoms with E-state index in [2.05, 4.69) is 5.16 Å². The lowest BCUT2D eigenvalue weighted by Crippen LogP contribution is -2.07. The number of esters is 1.